The zero-order chi connectivity index (χ0) is 21.6. The van der Waals surface area contributed by atoms with Crippen LogP contribution in [0.5, 0.6) is 5.75 Å². The molecule has 160 valence electrons. The summed E-state index contributed by atoms with van der Waals surface area (Å²) in [6, 6.07) is 18.2. The molecule has 3 aromatic rings. The molecule has 2 heterocycles. The number of aromatic nitrogens is 1. The standard InChI is InChI=1S/C26H29N3O2/c1-19-8-9-23-24(28-19)6-3-7-25(23)31-15-14-29-12-10-20(11-13-29)16-21-4-2-5-22(17-21)18-26(27)30/h2-9,16-17H,10-15,18H2,1H3,(H2,27,30). The zero-order valence-corrected chi connectivity index (χ0v) is 18.0. The second-order valence-corrected chi connectivity index (χ2v) is 8.16. The first-order valence-corrected chi connectivity index (χ1v) is 10.8. The number of hydrogen-bond acceptors (Lipinski definition) is 4. The summed E-state index contributed by atoms with van der Waals surface area (Å²) in [6.45, 7) is 5.65. The maximum Gasteiger partial charge on any atom is 0.221 e. The van der Waals surface area contributed by atoms with E-state index in [2.05, 4.69) is 34.2 Å². The van der Waals surface area contributed by atoms with E-state index in [1.807, 2.05) is 43.3 Å². The maximum atomic E-state index is 11.1. The number of ether oxygens (including phenoxy) is 1. The lowest BCUT2D eigenvalue weighted by molar-refractivity contribution is -0.117. The number of aryl methyl sites for hydroxylation is 1. The lowest BCUT2D eigenvalue weighted by atomic mass is 9.99. The topological polar surface area (TPSA) is 68.5 Å². The molecule has 1 saturated heterocycles. The van der Waals surface area contributed by atoms with E-state index in [4.69, 9.17) is 10.5 Å². The molecule has 5 nitrogen and oxygen atoms in total. The molecule has 0 atom stereocenters. The minimum Gasteiger partial charge on any atom is -0.492 e. The fourth-order valence-corrected chi connectivity index (χ4v) is 4.08. The Labute approximate surface area is 183 Å². The van der Waals surface area contributed by atoms with E-state index in [0.29, 0.717) is 6.61 Å². The molecule has 0 unspecified atom stereocenters. The number of rotatable bonds is 7. The van der Waals surface area contributed by atoms with Crippen molar-refractivity contribution in [2.24, 2.45) is 5.73 Å². The minimum absolute atomic E-state index is 0.289. The summed E-state index contributed by atoms with van der Waals surface area (Å²) in [4.78, 5) is 18.2. The first-order valence-electron chi connectivity index (χ1n) is 10.8. The van der Waals surface area contributed by atoms with E-state index in [-0.39, 0.29) is 12.3 Å². The van der Waals surface area contributed by atoms with E-state index >= 15 is 0 Å². The minimum atomic E-state index is -0.296. The molecule has 0 aliphatic carbocycles. The fraction of sp³-hybridized carbons (Fsp3) is 0.308. The van der Waals surface area contributed by atoms with Crippen molar-refractivity contribution >= 4 is 22.9 Å². The smallest absolute Gasteiger partial charge is 0.221 e. The Morgan fingerprint density at radius 3 is 2.74 bits per heavy atom. The summed E-state index contributed by atoms with van der Waals surface area (Å²) in [7, 11) is 0. The Morgan fingerprint density at radius 2 is 1.94 bits per heavy atom. The van der Waals surface area contributed by atoms with Gasteiger partial charge in [-0.3, -0.25) is 14.7 Å². The van der Waals surface area contributed by atoms with Crippen LogP contribution in [0, 0.1) is 6.92 Å². The first-order chi connectivity index (χ1) is 15.1. The molecule has 0 bridgehead atoms. The van der Waals surface area contributed by atoms with Crippen LogP contribution in [-0.4, -0.2) is 42.0 Å². The van der Waals surface area contributed by atoms with Gasteiger partial charge in [0, 0.05) is 30.7 Å². The molecule has 1 aliphatic rings. The van der Waals surface area contributed by atoms with Gasteiger partial charge in [-0.1, -0.05) is 42.0 Å². The third-order valence-electron chi connectivity index (χ3n) is 5.69. The molecule has 1 fully saturated rings. The van der Waals surface area contributed by atoms with Crippen molar-refractivity contribution in [2.45, 2.75) is 26.2 Å². The average molecular weight is 416 g/mol. The first kappa shape index (κ1) is 21.1. The monoisotopic (exact) mass is 415 g/mol. The largest absolute Gasteiger partial charge is 0.492 e. The highest BCUT2D eigenvalue weighted by molar-refractivity contribution is 5.85. The molecule has 0 spiro atoms. The number of carbonyl (C=O) groups excluding carboxylic acids is 1. The van der Waals surface area contributed by atoms with Crippen molar-refractivity contribution in [3.63, 3.8) is 0 Å². The maximum absolute atomic E-state index is 11.1. The molecule has 31 heavy (non-hydrogen) atoms. The third kappa shape index (κ3) is 5.70. The number of pyridine rings is 1. The molecular weight excluding hydrogens is 386 g/mol. The number of fused-ring (bicyclic) bond motifs is 1. The highest BCUT2D eigenvalue weighted by atomic mass is 16.5. The lowest BCUT2D eigenvalue weighted by Gasteiger charge is -2.28. The molecule has 4 rings (SSSR count). The number of primary amides is 1. The van der Waals surface area contributed by atoms with Crippen molar-refractivity contribution in [1.82, 2.24) is 9.88 Å². The van der Waals surface area contributed by atoms with Crippen LogP contribution in [0.3, 0.4) is 0 Å². The SMILES string of the molecule is Cc1ccc2c(OCCN3CCC(=Cc4cccc(CC(N)=O)c4)CC3)cccc2n1. The zero-order valence-electron chi connectivity index (χ0n) is 18.0. The summed E-state index contributed by atoms with van der Waals surface area (Å²) in [5.41, 5.74) is 10.9. The van der Waals surface area contributed by atoms with Gasteiger partial charge in [0.1, 0.15) is 12.4 Å². The van der Waals surface area contributed by atoms with Crippen LogP contribution < -0.4 is 10.5 Å². The van der Waals surface area contributed by atoms with Gasteiger partial charge in [0.15, 0.2) is 0 Å². The van der Waals surface area contributed by atoms with E-state index in [1.165, 1.54) is 5.57 Å². The van der Waals surface area contributed by atoms with Gasteiger partial charge < -0.3 is 10.5 Å². The Kier molecular flexibility index (Phi) is 6.63. The van der Waals surface area contributed by atoms with Crippen LogP contribution in [0.1, 0.15) is 29.7 Å². The fourth-order valence-electron chi connectivity index (χ4n) is 4.08. The van der Waals surface area contributed by atoms with Crippen molar-refractivity contribution in [1.29, 1.82) is 0 Å². The van der Waals surface area contributed by atoms with Crippen molar-refractivity contribution in [2.75, 3.05) is 26.2 Å². The highest BCUT2D eigenvalue weighted by Crippen LogP contribution is 2.25. The van der Waals surface area contributed by atoms with Crippen LogP contribution >= 0.6 is 0 Å². The van der Waals surface area contributed by atoms with Gasteiger partial charge in [0.05, 0.1) is 11.9 Å². The number of nitrogens with two attached hydrogens (primary N) is 1. The Balaban J connectivity index is 1.28. The molecule has 1 aliphatic heterocycles. The van der Waals surface area contributed by atoms with Gasteiger partial charge in [0.25, 0.3) is 0 Å². The second kappa shape index (κ2) is 9.75. The van der Waals surface area contributed by atoms with E-state index < -0.39 is 0 Å². The van der Waals surface area contributed by atoms with Gasteiger partial charge in [-0.15, -0.1) is 0 Å². The highest BCUT2D eigenvalue weighted by Gasteiger charge is 2.14. The average Bonchev–Trinajstić information content (AvgIpc) is 2.75. The van der Waals surface area contributed by atoms with Gasteiger partial charge in [0.2, 0.25) is 5.91 Å². The molecule has 1 aromatic heterocycles. The summed E-state index contributed by atoms with van der Waals surface area (Å²) in [6.07, 6.45) is 4.65. The van der Waals surface area contributed by atoms with Crippen LogP contribution in [0.2, 0.25) is 0 Å². The number of amides is 1. The van der Waals surface area contributed by atoms with Crippen molar-refractivity contribution in [3.8, 4) is 5.75 Å². The van der Waals surface area contributed by atoms with E-state index in [0.717, 1.165) is 65.9 Å². The molecule has 2 aromatic carbocycles. The molecule has 5 heteroatoms. The van der Waals surface area contributed by atoms with E-state index in [9.17, 15) is 4.79 Å². The normalized spacial score (nSPS) is 14.5. The Morgan fingerprint density at radius 1 is 1.13 bits per heavy atom. The summed E-state index contributed by atoms with van der Waals surface area (Å²) in [5, 5.41) is 1.07. The van der Waals surface area contributed by atoms with Gasteiger partial charge in [-0.05, 0) is 55.2 Å². The molecular formula is C26H29N3O2. The number of piperidine rings is 1. The van der Waals surface area contributed by atoms with E-state index in [1.54, 1.807) is 0 Å². The van der Waals surface area contributed by atoms with Gasteiger partial charge >= 0.3 is 0 Å². The molecule has 0 radical (unpaired) electrons. The molecule has 2 N–H and O–H groups in total. The van der Waals surface area contributed by atoms with Crippen LogP contribution in [0.25, 0.3) is 17.0 Å². The molecule has 1 amide bonds. The van der Waals surface area contributed by atoms with Crippen LogP contribution in [0.4, 0.5) is 0 Å². The number of nitrogens with zero attached hydrogens (tertiary/aromatic N) is 2. The summed E-state index contributed by atoms with van der Waals surface area (Å²) in [5.74, 6) is 0.605. The predicted molar refractivity (Wildman–Crippen MR) is 125 cm³/mol. The number of benzene rings is 2. The quantitative estimate of drug-likeness (QED) is 0.630. The molecule has 0 saturated carbocycles. The Hall–Kier alpha value is -3.18. The lowest BCUT2D eigenvalue weighted by Crippen LogP contribution is -2.34. The van der Waals surface area contributed by atoms with Crippen molar-refractivity contribution < 1.29 is 9.53 Å². The summed E-state index contributed by atoms with van der Waals surface area (Å²) >= 11 is 0. The number of hydrogen-bond donors (Lipinski definition) is 1. The van der Waals surface area contributed by atoms with Crippen LogP contribution in [0.15, 0.2) is 60.2 Å². The Bertz CT molecular complexity index is 1100. The predicted octanol–water partition coefficient (Wildman–Crippen LogP) is 4.13. The third-order valence-corrected chi connectivity index (χ3v) is 5.69. The van der Waals surface area contributed by atoms with Crippen molar-refractivity contribution in [3.05, 3.63) is 77.0 Å². The summed E-state index contributed by atoms with van der Waals surface area (Å²) < 4.78 is 6.10. The van der Waals surface area contributed by atoms with Gasteiger partial charge in [-0.25, -0.2) is 0 Å². The van der Waals surface area contributed by atoms with Gasteiger partial charge in [-0.2, -0.15) is 0 Å². The van der Waals surface area contributed by atoms with Crippen LogP contribution in [-0.2, 0) is 11.2 Å². The number of likely N-dealkylation sites (tertiary alicyclic amines) is 1. The second-order valence-electron chi connectivity index (χ2n) is 8.16. The number of carbonyl (C=O) groups is 1.